The highest BCUT2D eigenvalue weighted by Gasteiger charge is 2.21. The molecule has 0 atom stereocenters. The third-order valence-corrected chi connectivity index (χ3v) is 6.73. The maximum atomic E-state index is 11.8. The number of oxazole rings is 1. The van der Waals surface area contributed by atoms with Gasteiger partial charge in [0.25, 0.3) is 5.69 Å². The molecule has 0 aliphatic carbocycles. The van der Waals surface area contributed by atoms with Crippen LogP contribution in [-0.4, -0.2) is 14.5 Å². The van der Waals surface area contributed by atoms with Crippen molar-refractivity contribution >= 4 is 38.6 Å². The van der Waals surface area contributed by atoms with Gasteiger partial charge in [-0.05, 0) is 60.2 Å². The van der Waals surface area contributed by atoms with Gasteiger partial charge < -0.3 is 8.98 Å². The Morgan fingerprint density at radius 2 is 1.43 bits per heavy atom. The summed E-state index contributed by atoms with van der Waals surface area (Å²) >= 11 is 0. The molecule has 6 heteroatoms. The van der Waals surface area contributed by atoms with Crippen molar-refractivity contribution in [2.24, 2.45) is 0 Å². The lowest BCUT2D eigenvalue weighted by atomic mass is 10.0. The molecule has 0 bridgehead atoms. The van der Waals surface area contributed by atoms with Gasteiger partial charge in [0, 0.05) is 28.1 Å². The number of nitrogens with zero attached hydrogens (tertiary/aromatic N) is 3. The second kappa shape index (κ2) is 8.17. The molecular weight excluding hydrogens is 462 g/mol. The third kappa shape index (κ3) is 3.31. The lowest BCUT2D eigenvalue weighted by Gasteiger charge is -2.08. The average molecular weight is 482 g/mol. The second-order valence-electron chi connectivity index (χ2n) is 8.87. The smallest absolute Gasteiger partial charge is 0.277 e. The van der Waals surface area contributed by atoms with E-state index in [0.29, 0.717) is 17.0 Å². The zero-order chi connectivity index (χ0) is 24.9. The summed E-state index contributed by atoms with van der Waals surface area (Å²) in [6, 6.07) is 36.8. The zero-order valence-electron chi connectivity index (χ0n) is 19.5. The van der Waals surface area contributed by atoms with Crippen LogP contribution in [0.2, 0.25) is 0 Å². The fraction of sp³-hybridized carbons (Fsp3) is 0. The van der Waals surface area contributed by atoms with Gasteiger partial charge in [0.15, 0.2) is 5.58 Å². The maximum absolute atomic E-state index is 11.8. The van der Waals surface area contributed by atoms with Gasteiger partial charge in [-0.25, -0.2) is 4.98 Å². The molecule has 0 aliphatic rings. The van der Waals surface area contributed by atoms with E-state index < -0.39 is 0 Å². The van der Waals surface area contributed by atoms with Crippen molar-refractivity contribution in [3.8, 4) is 28.3 Å². The normalized spacial score (nSPS) is 11.5. The van der Waals surface area contributed by atoms with Crippen LogP contribution in [0.1, 0.15) is 0 Å². The molecule has 7 rings (SSSR count). The first-order chi connectivity index (χ1) is 18.2. The van der Waals surface area contributed by atoms with Crippen LogP contribution >= 0.6 is 0 Å². The number of nitro benzene ring substituents is 1. The molecule has 0 saturated heterocycles. The predicted molar refractivity (Wildman–Crippen MR) is 146 cm³/mol. The van der Waals surface area contributed by atoms with Crippen LogP contribution in [0.15, 0.2) is 120 Å². The molecular formula is C31H19N3O3. The predicted octanol–water partition coefficient (Wildman–Crippen LogP) is 8.17. The van der Waals surface area contributed by atoms with E-state index in [9.17, 15) is 10.1 Å². The molecule has 2 heterocycles. The number of hydrogen-bond acceptors (Lipinski definition) is 4. The minimum Gasteiger partial charge on any atom is -0.436 e. The number of para-hydroxylation sites is 2. The van der Waals surface area contributed by atoms with Crippen LogP contribution in [0.5, 0.6) is 0 Å². The number of hydrogen-bond donors (Lipinski definition) is 0. The van der Waals surface area contributed by atoms with Gasteiger partial charge in [0.2, 0.25) is 5.89 Å². The van der Waals surface area contributed by atoms with Gasteiger partial charge >= 0.3 is 0 Å². The van der Waals surface area contributed by atoms with E-state index in [1.54, 1.807) is 12.1 Å². The molecule has 176 valence electrons. The minimum absolute atomic E-state index is 0.0756. The fourth-order valence-corrected chi connectivity index (χ4v) is 5.10. The van der Waals surface area contributed by atoms with Crippen molar-refractivity contribution in [3.63, 3.8) is 0 Å². The summed E-state index contributed by atoms with van der Waals surface area (Å²) in [5, 5.41) is 13.7. The first-order valence-electron chi connectivity index (χ1n) is 11.9. The van der Waals surface area contributed by atoms with Crippen LogP contribution in [0, 0.1) is 10.1 Å². The Bertz CT molecular complexity index is 1950. The number of aromatic nitrogens is 2. The van der Waals surface area contributed by atoms with Crippen LogP contribution in [-0.2, 0) is 0 Å². The van der Waals surface area contributed by atoms with Gasteiger partial charge in [-0.2, -0.15) is 0 Å². The molecule has 0 unspecified atom stereocenters. The van der Waals surface area contributed by atoms with Gasteiger partial charge in [0.05, 0.1) is 21.5 Å². The van der Waals surface area contributed by atoms with E-state index in [4.69, 9.17) is 9.40 Å². The summed E-state index contributed by atoms with van der Waals surface area (Å²) in [6.07, 6.45) is 0. The zero-order valence-corrected chi connectivity index (χ0v) is 19.5. The Labute approximate surface area is 211 Å². The second-order valence-corrected chi connectivity index (χ2v) is 8.87. The van der Waals surface area contributed by atoms with Gasteiger partial charge in [-0.15, -0.1) is 0 Å². The highest BCUT2D eigenvalue weighted by atomic mass is 16.6. The summed E-state index contributed by atoms with van der Waals surface area (Å²) in [4.78, 5) is 16.3. The van der Waals surface area contributed by atoms with Crippen molar-refractivity contribution in [2.75, 3.05) is 0 Å². The lowest BCUT2D eigenvalue weighted by Crippen LogP contribution is -1.93. The Hall–Kier alpha value is -5.23. The molecule has 6 nitrogen and oxygen atoms in total. The molecule has 0 saturated carbocycles. The van der Waals surface area contributed by atoms with Gasteiger partial charge in [0.1, 0.15) is 5.52 Å². The van der Waals surface area contributed by atoms with Crippen LogP contribution in [0.25, 0.3) is 61.2 Å². The summed E-state index contributed by atoms with van der Waals surface area (Å²) < 4.78 is 8.38. The fourth-order valence-electron chi connectivity index (χ4n) is 5.10. The maximum Gasteiger partial charge on any atom is 0.277 e. The van der Waals surface area contributed by atoms with Crippen molar-refractivity contribution in [3.05, 3.63) is 125 Å². The quantitative estimate of drug-likeness (QED) is 0.188. The monoisotopic (exact) mass is 481 g/mol. The molecule has 7 aromatic rings. The SMILES string of the molecule is O=[N+]([O-])c1ccccc1-c1ccc2c(c1)c1c3nc(-c4ccccc4)oc3ccc1n2-c1ccccc1. The molecule has 2 aromatic heterocycles. The number of fused-ring (bicyclic) bond motifs is 5. The Morgan fingerprint density at radius 1 is 0.730 bits per heavy atom. The van der Waals surface area contributed by atoms with Crippen LogP contribution in [0.4, 0.5) is 5.69 Å². The topological polar surface area (TPSA) is 74.1 Å². The molecule has 0 fully saturated rings. The first kappa shape index (κ1) is 21.1. The largest absolute Gasteiger partial charge is 0.436 e. The van der Waals surface area contributed by atoms with E-state index in [1.807, 2.05) is 78.9 Å². The van der Waals surface area contributed by atoms with E-state index in [2.05, 4.69) is 22.8 Å². The van der Waals surface area contributed by atoms with Crippen molar-refractivity contribution in [2.45, 2.75) is 0 Å². The first-order valence-corrected chi connectivity index (χ1v) is 11.9. The van der Waals surface area contributed by atoms with E-state index in [1.165, 1.54) is 6.07 Å². The lowest BCUT2D eigenvalue weighted by molar-refractivity contribution is -0.384. The Kier molecular flexibility index (Phi) is 4.66. The van der Waals surface area contributed by atoms with Crippen molar-refractivity contribution in [1.82, 2.24) is 9.55 Å². The van der Waals surface area contributed by atoms with Crippen molar-refractivity contribution in [1.29, 1.82) is 0 Å². The van der Waals surface area contributed by atoms with Crippen LogP contribution in [0.3, 0.4) is 0 Å². The third-order valence-electron chi connectivity index (χ3n) is 6.73. The number of nitro groups is 1. The van der Waals surface area contributed by atoms with E-state index in [-0.39, 0.29) is 10.6 Å². The van der Waals surface area contributed by atoms with E-state index in [0.717, 1.165) is 44.1 Å². The number of rotatable bonds is 4. The van der Waals surface area contributed by atoms with Crippen LogP contribution < -0.4 is 0 Å². The minimum atomic E-state index is -0.339. The Balaban J connectivity index is 1.58. The molecule has 0 radical (unpaired) electrons. The summed E-state index contributed by atoms with van der Waals surface area (Å²) in [7, 11) is 0. The highest BCUT2D eigenvalue weighted by Crippen LogP contribution is 2.40. The molecule has 37 heavy (non-hydrogen) atoms. The summed E-state index contributed by atoms with van der Waals surface area (Å²) in [5.41, 5.74) is 6.77. The molecule has 0 spiro atoms. The molecule has 0 N–H and O–H groups in total. The van der Waals surface area contributed by atoms with Crippen molar-refractivity contribution < 1.29 is 9.34 Å². The van der Waals surface area contributed by atoms with Gasteiger partial charge in [-0.3, -0.25) is 10.1 Å². The summed E-state index contributed by atoms with van der Waals surface area (Å²) in [5.74, 6) is 0.554. The standard InChI is InChI=1S/C31H19N3O3/c35-34(36)26-14-8-7-13-23(26)21-15-16-25-24(19-21)29-27(33(25)22-11-5-2-6-12-22)17-18-28-30(29)32-31(37-28)20-9-3-1-4-10-20/h1-19H. The average Bonchev–Trinajstić information content (AvgIpc) is 3.53. The van der Waals surface area contributed by atoms with E-state index >= 15 is 0 Å². The molecule has 0 amide bonds. The summed E-state index contributed by atoms with van der Waals surface area (Å²) in [6.45, 7) is 0. The molecule has 0 aliphatic heterocycles. The Morgan fingerprint density at radius 3 is 2.22 bits per heavy atom. The molecule has 5 aromatic carbocycles. The van der Waals surface area contributed by atoms with Gasteiger partial charge in [-0.1, -0.05) is 54.6 Å². The highest BCUT2D eigenvalue weighted by molar-refractivity contribution is 6.20. The number of benzene rings is 5.